The molecule has 3 aliphatic heterocycles. The van der Waals surface area contributed by atoms with Crippen molar-refractivity contribution in [2.75, 3.05) is 19.6 Å². The van der Waals surface area contributed by atoms with Crippen LogP contribution >= 0.6 is 27.3 Å². The minimum atomic E-state index is -0.330. The van der Waals surface area contributed by atoms with Crippen LogP contribution in [0.1, 0.15) is 12.8 Å². The van der Waals surface area contributed by atoms with Gasteiger partial charge in [-0.25, -0.2) is 4.79 Å². The van der Waals surface area contributed by atoms with Crippen LogP contribution in [0.15, 0.2) is 15.9 Å². The summed E-state index contributed by atoms with van der Waals surface area (Å²) >= 11 is 4.76. The second-order valence-electron chi connectivity index (χ2n) is 4.84. The Morgan fingerprint density at radius 2 is 2.22 bits per heavy atom. The lowest BCUT2D eigenvalue weighted by atomic mass is 9.84. The monoisotopic (exact) mass is 330 g/mol. The van der Waals surface area contributed by atoms with Gasteiger partial charge in [-0.2, -0.15) is 0 Å². The normalized spacial score (nSPS) is 30.2. The van der Waals surface area contributed by atoms with Crippen molar-refractivity contribution in [1.29, 1.82) is 0 Å². The molecule has 4 heterocycles. The third-order valence-corrected chi connectivity index (χ3v) is 5.20. The smallest absolute Gasteiger partial charge is 0.399 e. The minimum absolute atomic E-state index is 0.253. The lowest BCUT2D eigenvalue weighted by molar-refractivity contribution is 0.0726. The summed E-state index contributed by atoms with van der Waals surface area (Å²) in [6.45, 7) is 3.32. The molecule has 0 radical (unpaired) electrons. The summed E-state index contributed by atoms with van der Waals surface area (Å²) in [7, 11) is 0. The maximum absolute atomic E-state index is 11.8. The van der Waals surface area contributed by atoms with Gasteiger partial charge < -0.3 is 15.0 Å². The zero-order chi connectivity index (χ0) is 12.5. The van der Waals surface area contributed by atoms with Crippen LogP contribution in [-0.4, -0.2) is 36.7 Å². The van der Waals surface area contributed by atoms with E-state index >= 15 is 0 Å². The molecule has 1 aromatic heterocycles. The fourth-order valence-corrected chi connectivity index (χ4v) is 3.95. The van der Waals surface area contributed by atoms with Gasteiger partial charge in [-0.15, -0.1) is 0 Å². The van der Waals surface area contributed by atoms with Crippen molar-refractivity contribution < 1.29 is 9.53 Å². The highest BCUT2D eigenvalue weighted by molar-refractivity contribution is 9.11. The van der Waals surface area contributed by atoms with E-state index in [1.807, 2.05) is 6.07 Å². The van der Waals surface area contributed by atoms with Crippen molar-refractivity contribution >= 4 is 33.4 Å². The number of piperidine rings is 3. The van der Waals surface area contributed by atoms with Crippen molar-refractivity contribution in [2.45, 2.75) is 18.9 Å². The summed E-state index contributed by atoms with van der Waals surface area (Å²) in [5, 5.41) is 3.62. The molecular formula is C12H15BrN2O2S. The first kappa shape index (κ1) is 12.4. The van der Waals surface area contributed by atoms with Crippen molar-refractivity contribution in [3.63, 3.8) is 0 Å². The molecule has 3 saturated heterocycles. The second-order valence-corrected chi connectivity index (χ2v) is 7.26. The van der Waals surface area contributed by atoms with E-state index in [4.69, 9.17) is 4.74 Å². The van der Waals surface area contributed by atoms with E-state index in [1.165, 1.54) is 37.3 Å². The number of hydrogen-bond donors (Lipinski definition) is 1. The summed E-state index contributed by atoms with van der Waals surface area (Å²) in [6.07, 6.45) is 2.05. The van der Waals surface area contributed by atoms with Gasteiger partial charge in [0.2, 0.25) is 0 Å². The Hall–Kier alpha value is -0.590. The van der Waals surface area contributed by atoms with Crippen LogP contribution < -0.4 is 10.1 Å². The third kappa shape index (κ3) is 2.70. The molecule has 2 bridgehead atoms. The average molecular weight is 331 g/mol. The molecule has 1 N–H and O–H groups in total. The van der Waals surface area contributed by atoms with E-state index in [9.17, 15) is 4.79 Å². The Bertz CT molecular complexity index is 443. The van der Waals surface area contributed by atoms with Gasteiger partial charge in [-0.05, 0) is 59.9 Å². The van der Waals surface area contributed by atoms with Gasteiger partial charge in [-0.1, -0.05) is 11.3 Å². The lowest BCUT2D eigenvalue weighted by Crippen LogP contribution is -2.57. The van der Waals surface area contributed by atoms with Gasteiger partial charge in [-0.3, -0.25) is 0 Å². The predicted octanol–water partition coefficient (Wildman–Crippen LogP) is 2.69. The molecule has 0 unspecified atom stereocenters. The topological polar surface area (TPSA) is 41.6 Å². The van der Waals surface area contributed by atoms with Gasteiger partial charge >= 0.3 is 6.09 Å². The summed E-state index contributed by atoms with van der Waals surface area (Å²) in [5.41, 5.74) is 0. The number of thiophene rings is 1. The van der Waals surface area contributed by atoms with Gasteiger partial charge in [0.15, 0.2) is 5.06 Å². The van der Waals surface area contributed by atoms with E-state index in [1.54, 1.807) is 6.07 Å². The summed E-state index contributed by atoms with van der Waals surface area (Å²) in [6, 6.07) is 3.93. The maximum atomic E-state index is 11.8. The first-order valence-electron chi connectivity index (χ1n) is 6.17. The highest BCUT2D eigenvalue weighted by Gasteiger charge is 2.35. The van der Waals surface area contributed by atoms with Gasteiger partial charge in [0, 0.05) is 12.6 Å². The molecule has 4 rings (SSSR count). The van der Waals surface area contributed by atoms with Crippen molar-refractivity contribution in [1.82, 2.24) is 10.2 Å². The van der Waals surface area contributed by atoms with Crippen LogP contribution in [-0.2, 0) is 0 Å². The number of nitrogens with one attached hydrogen (secondary N) is 1. The summed E-state index contributed by atoms with van der Waals surface area (Å²) in [5.74, 6) is 0.623. The summed E-state index contributed by atoms with van der Waals surface area (Å²) < 4.78 is 6.23. The van der Waals surface area contributed by atoms with Crippen LogP contribution in [0.5, 0.6) is 5.06 Å². The largest absolute Gasteiger partial charge is 0.413 e. The number of halogens is 1. The molecule has 1 amide bonds. The number of fused-ring (bicyclic) bond motifs is 3. The standard InChI is InChI=1S/C12H15BrN2O2S/c13-10-1-2-11(18-10)17-12(16)14-9-7-15-5-3-8(9)4-6-15/h1-2,8-9H,3-7H2,(H,14,16)/t9-/m0/s1. The molecule has 98 valence electrons. The molecule has 0 aliphatic carbocycles. The van der Waals surface area contributed by atoms with E-state index in [0.717, 1.165) is 10.3 Å². The fraction of sp³-hybridized carbons (Fsp3) is 0.583. The molecule has 1 aromatic rings. The predicted molar refractivity (Wildman–Crippen MR) is 74.1 cm³/mol. The Balaban J connectivity index is 1.55. The zero-order valence-electron chi connectivity index (χ0n) is 9.89. The first-order valence-corrected chi connectivity index (χ1v) is 7.78. The molecule has 0 saturated carbocycles. The molecule has 18 heavy (non-hydrogen) atoms. The van der Waals surface area contributed by atoms with E-state index in [0.29, 0.717) is 11.0 Å². The van der Waals surface area contributed by atoms with Gasteiger partial charge in [0.25, 0.3) is 0 Å². The Labute approximate surface area is 118 Å². The molecule has 1 atom stereocenters. The van der Waals surface area contributed by atoms with Gasteiger partial charge in [0.1, 0.15) is 0 Å². The first-order chi connectivity index (χ1) is 8.70. The number of amides is 1. The number of carbonyl (C=O) groups is 1. The van der Waals surface area contributed by atoms with Crippen molar-refractivity contribution in [3.8, 4) is 5.06 Å². The third-order valence-electron chi connectivity index (χ3n) is 3.70. The molecule has 3 aliphatic rings. The average Bonchev–Trinajstić information content (AvgIpc) is 2.76. The van der Waals surface area contributed by atoms with E-state index in [2.05, 4.69) is 26.1 Å². The van der Waals surface area contributed by atoms with E-state index < -0.39 is 0 Å². The molecular weight excluding hydrogens is 316 g/mol. The van der Waals surface area contributed by atoms with Crippen LogP contribution in [0.3, 0.4) is 0 Å². The number of rotatable bonds is 2. The van der Waals surface area contributed by atoms with Crippen LogP contribution in [0.25, 0.3) is 0 Å². The Morgan fingerprint density at radius 3 is 2.78 bits per heavy atom. The fourth-order valence-electron chi connectivity index (χ4n) is 2.75. The summed E-state index contributed by atoms with van der Waals surface area (Å²) in [4.78, 5) is 14.2. The molecule has 3 fully saturated rings. The van der Waals surface area contributed by atoms with Crippen molar-refractivity contribution in [3.05, 3.63) is 15.9 Å². The SMILES string of the molecule is O=C(N[C@H]1CN2CCC1CC2)Oc1ccc(Br)s1. The van der Waals surface area contributed by atoms with Crippen LogP contribution in [0.4, 0.5) is 4.79 Å². The highest BCUT2D eigenvalue weighted by Crippen LogP contribution is 2.30. The molecule has 0 spiro atoms. The van der Waals surface area contributed by atoms with E-state index in [-0.39, 0.29) is 12.1 Å². The van der Waals surface area contributed by atoms with Crippen LogP contribution in [0.2, 0.25) is 0 Å². The van der Waals surface area contributed by atoms with Crippen LogP contribution in [0, 0.1) is 5.92 Å². The quantitative estimate of drug-likeness (QED) is 0.906. The number of nitrogens with zero attached hydrogens (tertiary/aromatic N) is 1. The number of hydrogen-bond acceptors (Lipinski definition) is 4. The molecule has 4 nitrogen and oxygen atoms in total. The lowest BCUT2D eigenvalue weighted by Gasteiger charge is -2.44. The number of ether oxygens (including phenoxy) is 1. The minimum Gasteiger partial charge on any atom is -0.399 e. The maximum Gasteiger partial charge on any atom is 0.413 e. The van der Waals surface area contributed by atoms with Gasteiger partial charge in [0.05, 0.1) is 3.79 Å². The number of carbonyl (C=O) groups excluding carboxylic acids is 1. The molecule has 6 heteroatoms. The second kappa shape index (κ2) is 5.19. The van der Waals surface area contributed by atoms with Crippen molar-refractivity contribution in [2.24, 2.45) is 5.92 Å². The Kier molecular flexibility index (Phi) is 3.59. The Morgan fingerprint density at radius 1 is 1.44 bits per heavy atom. The highest BCUT2D eigenvalue weighted by atomic mass is 79.9. The molecule has 0 aromatic carbocycles. The zero-order valence-corrected chi connectivity index (χ0v) is 12.3.